The zero-order valence-corrected chi connectivity index (χ0v) is 11.2. The summed E-state index contributed by atoms with van der Waals surface area (Å²) in [5, 5.41) is 0. The average Bonchev–Trinajstić information content (AvgIpc) is 2.38. The summed E-state index contributed by atoms with van der Waals surface area (Å²) in [7, 11) is 1.69. The molecule has 1 rings (SSSR count). The van der Waals surface area contributed by atoms with Crippen molar-refractivity contribution in [2.45, 2.75) is 51.7 Å². The molecular weight excluding hydrogens is 214 g/mol. The maximum Gasteiger partial charge on any atom is 0.159 e. The minimum atomic E-state index is -0.397. The van der Waals surface area contributed by atoms with E-state index in [4.69, 9.17) is 10.5 Å². The number of nitrogens with zero attached hydrogens (tertiary/aromatic N) is 2. The van der Waals surface area contributed by atoms with Gasteiger partial charge in [-0.3, -0.25) is 0 Å². The van der Waals surface area contributed by atoms with Crippen molar-refractivity contribution in [1.29, 1.82) is 0 Å². The first-order valence-corrected chi connectivity index (χ1v) is 6.17. The Morgan fingerprint density at radius 3 is 2.35 bits per heavy atom. The van der Waals surface area contributed by atoms with Crippen molar-refractivity contribution in [1.82, 2.24) is 9.97 Å². The van der Waals surface area contributed by atoms with E-state index >= 15 is 0 Å². The highest BCUT2D eigenvalue weighted by atomic mass is 16.5. The van der Waals surface area contributed by atoms with Crippen LogP contribution in [0.25, 0.3) is 0 Å². The fourth-order valence-electron chi connectivity index (χ4n) is 1.57. The van der Waals surface area contributed by atoms with Crippen molar-refractivity contribution in [3.8, 4) is 0 Å². The summed E-state index contributed by atoms with van der Waals surface area (Å²) in [4.78, 5) is 8.78. The van der Waals surface area contributed by atoms with Gasteiger partial charge in [-0.2, -0.15) is 0 Å². The summed E-state index contributed by atoms with van der Waals surface area (Å²) in [6, 6.07) is 0.185. The van der Waals surface area contributed by atoms with E-state index in [1.54, 1.807) is 7.11 Å². The van der Waals surface area contributed by atoms with Gasteiger partial charge in [-0.15, -0.1) is 0 Å². The van der Waals surface area contributed by atoms with Gasteiger partial charge in [-0.05, 0) is 31.7 Å². The lowest BCUT2D eigenvalue weighted by Gasteiger charge is -2.24. The molecule has 0 bridgehead atoms. The Labute approximate surface area is 104 Å². The van der Waals surface area contributed by atoms with Crippen LogP contribution in [-0.2, 0) is 16.8 Å². The lowest BCUT2D eigenvalue weighted by Crippen LogP contribution is -2.27. The number of nitrogens with two attached hydrogens (primary N) is 1. The molecule has 1 aromatic heterocycles. The van der Waals surface area contributed by atoms with Crippen LogP contribution < -0.4 is 5.73 Å². The summed E-state index contributed by atoms with van der Waals surface area (Å²) in [5.41, 5.74) is 6.58. The molecule has 2 unspecified atom stereocenters. The smallest absolute Gasteiger partial charge is 0.159 e. The highest BCUT2D eigenvalue weighted by Crippen LogP contribution is 2.24. The van der Waals surface area contributed by atoms with Crippen LogP contribution in [0.1, 0.15) is 45.0 Å². The van der Waals surface area contributed by atoms with Gasteiger partial charge in [0, 0.05) is 25.5 Å². The molecule has 0 saturated heterocycles. The fraction of sp³-hybridized carbons (Fsp3) is 0.692. The van der Waals surface area contributed by atoms with Gasteiger partial charge < -0.3 is 10.5 Å². The third-order valence-electron chi connectivity index (χ3n) is 3.33. The molecule has 2 N–H and O–H groups in total. The van der Waals surface area contributed by atoms with Crippen LogP contribution in [0.15, 0.2) is 12.4 Å². The SMILES string of the molecule is CCC(N)Cc1cnc(C(C)(CC)OC)nc1. The standard InChI is InChI=1S/C13H23N3O/c1-5-11(14)7-10-8-15-12(16-9-10)13(3,6-2)17-4/h8-9,11H,5-7,14H2,1-4H3. The molecule has 0 amide bonds. The molecule has 4 nitrogen and oxygen atoms in total. The molecule has 96 valence electrons. The topological polar surface area (TPSA) is 61.0 Å². The molecule has 0 radical (unpaired) electrons. The Balaban J connectivity index is 2.80. The Kier molecular flexibility index (Phi) is 5.02. The quantitative estimate of drug-likeness (QED) is 0.822. The highest BCUT2D eigenvalue weighted by Gasteiger charge is 2.26. The molecule has 2 atom stereocenters. The second-order valence-electron chi connectivity index (χ2n) is 4.58. The number of aromatic nitrogens is 2. The molecule has 0 fully saturated rings. The van der Waals surface area contributed by atoms with Crippen LogP contribution in [0.3, 0.4) is 0 Å². The predicted octanol–water partition coefficient (Wildman–Crippen LogP) is 2.03. The Hall–Kier alpha value is -1.00. The summed E-state index contributed by atoms with van der Waals surface area (Å²) in [6.07, 6.45) is 6.34. The zero-order valence-electron chi connectivity index (χ0n) is 11.2. The van der Waals surface area contributed by atoms with E-state index in [2.05, 4.69) is 23.8 Å². The summed E-state index contributed by atoms with van der Waals surface area (Å²) in [5.74, 6) is 0.733. The molecule has 0 aliphatic heterocycles. The van der Waals surface area contributed by atoms with E-state index < -0.39 is 5.60 Å². The van der Waals surface area contributed by atoms with Crippen LogP contribution in [0, 0.1) is 0 Å². The van der Waals surface area contributed by atoms with Crippen LogP contribution in [0.5, 0.6) is 0 Å². The van der Waals surface area contributed by atoms with Crippen LogP contribution in [-0.4, -0.2) is 23.1 Å². The van der Waals surface area contributed by atoms with Gasteiger partial charge in [0.2, 0.25) is 0 Å². The molecule has 17 heavy (non-hydrogen) atoms. The van der Waals surface area contributed by atoms with E-state index in [0.29, 0.717) is 0 Å². The zero-order chi connectivity index (χ0) is 12.9. The number of hydrogen-bond acceptors (Lipinski definition) is 4. The third kappa shape index (κ3) is 3.48. The number of methoxy groups -OCH3 is 1. The molecule has 1 heterocycles. The molecule has 0 saturated carbocycles. The minimum absolute atomic E-state index is 0.185. The summed E-state index contributed by atoms with van der Waals surface area (Å²) >= 11 is 0. The lowest BCUT2D eigenvalue weighted by atomic mass is 10.0. The highest BCUT2D eigenvalue weighted by molar-refractivity contribution is 5.10. The maximum atomic E-state index is 5.90. The Bertz CT molecular complexity index is 333. The molecule has 4 heteroatoms. The first-order valence-electron chi connectivity index (χ1n) is 6.17. The molecule has 1 aromatic rings. The molecule has 0 aromatic carbocycles. The van der Waals surface area contributed by atoms with Crippen LogP contribution in [0.2, 0.25) is 0 Å². The van der Waals surface area contributed by atoms with Gasteiger partial charge in [-0.25, -0.2) is 9.97 Å². The van der Waals surface area contributed by atoms with E-state index in [-0.39, 0.29) is 6.04 Å². The average molecular weight is 237 g/mol. The normalized spacial score (nSPS) is 16.5. The second-order valence-corrected chi connectivity index (χ2v) is 4.58. The van der Waals surface area contributed by atoms with E-state index in [0.717, 1.165) is 30.7 Å². The van der Waals surface area contributed by atoms with Crippen molar-refractivity contribution in [3.63, 3.8) is 0 Å². The first-order chi connectivity index (χ1) is 8.05. The minimum Gasteiger partial charge on any atom is -0.371 e. The van der Waals surface area contributed by atoms with Crippen molar-refractivity contribution in [3.05, 3.63) is 23.8 Å². The first kappa shape index (κ1) is 14.1. The van der Waals surface area contributed by atoms with Gasteiger partial charge in [0.1, 0.15) is 5.60 Å². The van der Waals surface area contributed by atoms with Gasteiger partial charge in [0.25, 0.3) is 0 Å². The maximum absolute atomic E-state index is 5.90. The summed E-state index contributed by atoms with van der Waals surface area (Å²) < 4.78 is 5.47. The number of ether oxygens (including phenoxy) is 1. The third-order valence-corrected chi connectivity index (χ3v) is 3.33. The lowest BCUT2D eigenvalue weighted by molar-refractivity contribution is -0.00903. The van der Waals surface area contributed by atoms with E-state index in [1.807, 2.05) is 19.3 Å². The van der Waals surface area contributed by atoms with Crippen molar-refractivity contribution in [2.24, 2.45) is 5.73 Å². The molecule has 0 spiro atoms. The monoisotopic (exact) mass is 237 g/mol. The molecular formula is C13H23N3O. The van der Waals surface area contributed by atoms with E-state index in [1.165, 1.54) is 0 Å². The van der Waals surface area contributed by atoms with E-state index in [9.17, 15) is 0 Å². The largest absolute Gasteiger partial charge is 0.371 e. The number of rotatable bonds is 6. The van der Waals surface area contributed by atoms with Gasteiger partial charge >= 0.3 is 0 Å². The Morgan fingerprint density at radius 1 is 1.35 bits per heavy atom. The van der Waals surface area contributed by atoms with Gasteiger partial charge in [0.05, 0.1) is 0 Å². The number of hydrogen-bond donors (Lipinski definition) is 1. The van der Waals surface area contributed by atoms with Crippen molar-refractivity contribution >= 4 is 0 Å². The molecule has 0 aliphatic rings. The molecule has 0 aliphatic carbocycles. The Morgan fingerprint density at radius 2 is 1.94 bits per heavy atom. The van der Waals surface area contributed by atoms with Crippen LogP contribution >= 0.6 is 0 Å². The van der Waals surface area contributed by atoms with Gasteiger partial charge in [-0.1, -0.05) is 13.8 Å². The van der Waals surface area contributed by atoms with Crippen molar-refractivity contribution in [2.75, 3.05) is 7.11 Å². The van der Waals surface area contributed by atoms with Crippen LogP contribution in [0.4, 0.5) is 0 Å². The summed E-state index contributed by atoms with van der Waals surface area (Å²) in [6.45, 7) is 6.15. The second kappa shape index (κ2) is 6.07. The van der Waals surface area contributed by atoms with Crippen molar-refractivity contribution < 1.29 is 4.74 Å². The fourth-order valence-corrected chi connectivity index (χ4v) is 1.57. The van der Waals surface area contributed by atoms with Gasteiger partial charge in [0.15, 0.2) is 5.82 Å². The predicted molar refractivity (Wildman–Crippen MR) is 68.7 cm³/mol.